The van der Waals surface area contributed by atoms with Crippen LogP contribution in [0.4, 0.5) is 22.0 Å². The topological polar surface area (TPSA) is 18.5 Å². The number of fused-ring (bicyclic) bond motifs is 1. The first kappa shape index (κ1) is 26.6. The second kappa shape index (κ2) is 12.2. The van der Waals surface area contributed by atoms with E-state index >= 15 is 4.39 Å². The van der Waals surface area contributed by atoms with Crippen LogP contribution >= 0.6 is 0 Å². The van der Waals surface area contributed by atoms with Crippen LogP contribution in [0.15, 0.2) is 66.7 Å². The molecule has 7 heteroatoms. The fourth-order valence-corrected chi connectivity index (χ4v) is 4.35. The third-order valence-corrected chi connectivity index (χ3v) is 6.39. The zero-order valence-corrected chi connectivity index (χ0v) is 20.4. The van der Waals surface area contributed by atoms with Crippen LogP contribution in [0.25, 0.3) is 10.8 Å². The highest BCUT2D eigenvalue weighted by atomic mass is 19.3. The van der Waals surface area contributed by atoms with E-state index in [1.807, 2.05) is 24.3 Å². The molecule has 0 unspecified atom stereocenters. The van der Waals surface area contributed by atoms with E-state index in [4.69, 9.17) is 4.74 Å². The fraction of sp³-hybridized carbons (Fsp3) is 0.267. The quantitative estimate of drug-likeness (QED) is 0.192. The maximum Gasteiger partial charge on any atom is 0.387 e. The molecule has 0 fully saturated rings. The van der Waals surface area contributed by atoms with Gasteiger partial charge in [0.05, 0.1) is 6.61 Å². The summed E-state index contributed by atoms with van der Waals surface area (Å²) < 4.78 is 77.4. The summed E-state index contributed by atoms with van der Waals surface area (Å²) >= 11 is 0. The first-order valence-corrected chi connectivity index (χ1v) is 12.0. The number of alkyl halides is 2. The van der Waals surface area contributed by atoms with Crippen molar-refractivity contribution in [2.24, 2.45) is 0 Å². The lowest BCUT2D eigenvalue weighted by molar-refractivity contribution is -0.0522. The molecule has 0 heterocycles. The predicted molar refractivity (Wildman–Crippen MR) is 134 cm³/mol. The van der Waals surface area contributed by atoms with Crippen LogP contribution in [0, 0.1) is 17.5 Å². The molecule has 4 aromatic rings. The Morgan fingerprint density at radius 2 is 1.27 bits per heavy atom. The summed E-state index contributed by atoms with van der Waals surface area (Å²) in [4.78, 5) is 0. The van der Waals surface area contributed by atoms with Crippen LogP contribution in [0.5, 0.6) is 5.75 Å². The Bertz CT molecular complexity index is 1370. The lowest BCUT2D eigenvalue weighted by Crippen LogP contribution is -2.04. The van der Waals surface area contributed by atoms with Crippen LogP contribution in [0.1, 0.15) is 27.8 Å². The van der Waals surface area contributed by atoms with Gasteiger partial charge in [-0.2, -0.15) is 8.78 Å². The number of ether oxygens (including phenoxy) is 2. The lowest BCUT2D eigenvalue weighted by Gasteiger charge is -2.10. The van der Waals surface area contributed by atoms with Crippen molar-refractivity contribution in [3.8, 4) is 5.75 Å². The number of methoxy groups -OCH3 is 1. The van der Waals surface area contributed by atoms with Crippen molar-refractivity contribution in [1.29, 1.82) is 0 Å². The Hall–Kier alpha value is -3.45. The van der Waals surface area contributed by atoms with Gasteiger partial charge in [0, 0.05) is 12.5 Å². The lowest BCUT2D eigenvalue weighted by atomic mass is 9.97. The molecule has 4 rings (SSSR count). The van der Waals surface area contributed by atoms with Gasteiger partial charge in [0.2, 0.25) is 0 Å². The second-order valence-corrected chi connectivity index (χ2v) is 8.91. The zero-order valence-electron chi connectivity index (χ0n) is 20.4. The van der Waals surface area contributed by atoms with Crippen LogP contribution in [-0.4, -0.2) is 20.3 Å². The average molecular weight is 515 g/mol. The monoisotopic (exact) mass is 514 g/mol. The first-order chi connectivity index (χ1) is 17.8. The van der Waals surface area contributed by atoms with Gasteiger partial charge in [0.1, 0.15) is 11.6 Å². The van der Waals surface area contributed by atoms with E-state index in [1.165, 1.54) is 6.07 Å². The Labute approximate surface area is 212 Å². The molecule has 2 nitrogen and oxygen atoms in total. The molecule has 0 atom stereocenters. The zero-order chi connectivity index (χ0) is 26.4. The third kappa shape index (κ3) is 6.86. The van der Waals surface area contributed by atoms with Gasteiger partial charge in [0.15, 0.2) is 11.6 Å². The van der Waals surface area contributed by atoms with E-state index in [1.54, 1.807) is 31.4 Å². The second-order valence-electron chi connectivity index (χ2n) is 8.91. The molecule has 4 aromatic carbocycles. The van der Waals surface area contributed by atoms with Crippen molar-refractivity contribution >= 4 is 10.8 Å². The molecule has 0 amide bonds. The summed E-state index contributed by atoms with van der Waals surface area (Å²) in [6.45, 7) is -2.56. The molecule has 37 heavy (non-hydrogen) atoms. The van der Waals surface area contributed by atoms with Crippen molar-refractivity contribution in [1.82, 2.24) is 0 Å². The minimum atomic E-state index is -3.11. The normalized spacial score (nSPS) is 11.4. The van der Waals surface area contributed by atoms with Crippen molar-refractivity contribution in [2.45, 2.75) is 38.7 Å². The van der Waals surface area contributed by atoms with Crippen LogP contribution < -0.4 is 4.74 Å². The minimum Gasteiger partial charge on any atom is -0.432 e. The number of hydrogen-bond donors (Lipinski definition) is 0. The smallest absolute Gasteiger partial charge is 0.387 e. The molecule has 0 aliphatic carbocycles. The number of aryl methyl sites for hydroxylation is 4. The fourth-order valence-electron chi connectivity index (χ4n) is 4.35. The maximum atomic E-state index is 15.2. The van der Waals surface area contributed by atoms with E-state index in [-0.39, 0.29) is 11.6 Å². The summed E-state index contributed by atoms with van der Waals surface area (Å²) in [6, 6.07) is 18.0. The van der Waals surface area contributed by atoms with Gasteiger partial charge in [-0.25, -0.2) is 13.2 Å². The molecule has 0 bridgehead atoms. The standard InChI is InChI=1S/C30H27F5O2/c1-36-15-14-21-3-8-22(26(31)17-21)7-2-19-5-12-25-24(16-19)11-10-23(29(25)33)9-4-20-6-13-28(27(32)18-20)37-30(34)35/h3,5-6,8,10-13,16-18,30H,2,4,7,9,14-15H2,1H3. The summed E-state index contributed by atoms with van der Waals surface area (Å²) in [6.07, 6.45) is 2.45. The van der Waals surface area contributed by atoms with E-state index < -0.39 is 18.2 Å². The highest BCUT2D eigenvalue weighted by molar-refractivity contribution is 5.84. The van der Waals surface area contributed by atoms with Gasteiger partial charge in [-0.15, -0.1) is 0 Å². The van der Waals surface area contributed by atoms with Crippen molar-refractivity contribution in [3.63, 3.8) is 0 Å². The molecular weight excluding hydrogens is 487 g/mol. The highest BCUT2D eigenvalue weighted by Gasteiger charge is 2.13. The van der Waals surface area contributed by atoms with Crippen LogP contribution in [0.3, 0.4) is 0 Å². The third-order valence-electron chi connectivity index (χ3n) is 6.39. The van der Waals surface area contributed by atoms with E-state index in [0.29, 0.717) is 60.8 Å². The van der Waals surface area contributed by atoms with Gasteiger partial charge in [-0.3, -0.25) is 0 Å². The largest absolute Gasteiger partial charge is 0.432 e. The van der Waals surface area contributed by atoms with Crippen LogP contribution in [0.2, 0.25) is 0 Å². The Kier molecular flexibility index (Phi) is 8.77. The molecule has 0 radical (unpaired) electrons. The number of halogens is 5. The average Bonchev–Trinajstić information content (AvgIpc) is 2.87. The van der Waals surface area contributed by atoms with Crippen molar-refractivity contribution in [2.75, 3.05) is 13.7 Å². The van der Waals surface area contributed by atoms with E-state index in [0.717, 1.165) is 28.6 Å². The number of rotatable bonds is 11. The summed E-state index contributed by atoms with van der Waals surface area (Å²) in [5.74, 6) is -1.99. The predicted octanol–water partition coefficient (Wildman–Crippen LogP) is 7.62. The van der Waals surface area contributed by atoms with Gasteiger partial charge >= 0.3 is 6.61 Å². The molecule has 0 aliphatic heterocycles. The molecular formula is C30H27F5O2. The highest BCUT2D eigenvalue weighted by Crippen LogP contribution is 2.26. The molecule has 0 aromatic heterocycles. The molecule has 0 saturated carbocycles. The molecule has 0 spiro atoms. The molecule has 0 N–H and O–H groups in total. The Morgan fingerprint density at radius 1 is 0.649 bits per heavy atom. The maximum absolute atomic E-state index is 15.2. The van der Waals surface area contributed by atoms with Crippen molar-refractivity contribution in [3.05, 3.63) is 112 Å². The summed E-state index contributed by atoms with van der Waals surface area (Å²) in [5, 5.41) is 1.22. The van der Waals surface area contributed by atoms with Crippen molar-refractivity contribution < 1.29 is 31.4 Å². The summed E-state index contributed by atoms with van der Waals surface area (Å²) in [7, 11) is 1.61. The van der Waals surface area contributed by atoms with E-state index in [2.05, 4.69) is 4.74 Å². The molecule has 0 saturated heterocycles. The molecule has 0 aliphatic rings. The Balaban J connectivity index is 1.41. The van der Waals surface area contributed by atoms with Crippen LogP contribution in [-0.2, 0) is 36.8 Å². The van der Waals surface area contributed by atoms with Gasteiger partial charge in [-0.1, -0.05) is 48.5 Å². The number of benzene rings is 4. The summed E-state index contributed by atoms with van der Waals surface area (Å²) in [5.41, 5.74) is 3.53. The van der Waals surface area contributed by atoms with Gasteiger partial charge in [-0.05, 0) is 83.5 Å². The van der Waals surface area contributed by atoms with Gasteiger partial charge in [0.25, 0.3) is 0 Å². The first-order valence-electron chi connectivity index (χ1n) is 12.0. The van der Waals surface area contributed by atoms with Gasteiger partial charge < -0.3 is 9.47 Å². The molecule has 194 valence electrons. The Morgan fingerprint density at radius 3 is 1.97 bits per heavy atom. The van der Waals surface area contributed by atoms with E-state index in [9.17, 15) is 17.6 Å². The SMILES string of the molecule is COCCc1ccc(CCc2ccc3c(F)c(CCc4ccc(OC(F)F)c(F)c4)ccc3c2)c(F)c1. The minimum absolute atomic E-state index is 0.235. The number of hydrogen-bond acceptors (Lipinski definition) is 2.